The van der Waals surface area contributed by atoms with Gasteiger partial charge in [0, 0.05) is 64.8 Å². The standard InChI is InChI=1S/C23H28ClFN6O2S/c1-16-14-30(11-12-31(16)17(2)32)21-13-20(24)26-23(27-21)34-15-22(33)29-9-7-28(8-10-29)19-6-4-3-5-18(19)25/h3-6,13,16H,7-12,14-15H2,1-2H3. The molecule has 2 aromatic rings. The highest BCUT2D eigenvalue weighted by Gasteiger charge is 2.27. The molecule has 0 radical (unpaired) electrons. The van der Waals surface area contributed by atoms with Crippen molar-refractivity contribution in [3.63, 3.8) is 0 Å². The molecule has 1 atom stereocenters. The van der Waals surface area contributed by atoms with Crippen LogP contribution in [0.5, 0.6) is 0 Å². The largest absolute Gasteiger partial charge is 0.366 e. The minimum absolute atomic E-state index is 0.00740. The molecule has 8 nitrogen and oxygen atoms in total. The van der Waals surface area contributed by atoms with E-state index in [0.29, 0.717) is 67.6 Å². The highest BCUT2D eigenvalue weighted by Crippen LogP contribution is 2.25. The van der Waals surface area contributed by atoms with Gasteiger partial charge in [-0.15, -0.1) is 0 Å². The number of anilines is 2. The summed E-state index contributed by atoms with van der Waals surface area (Å²) in [6, 6.07) is 8.48. The molecule has 2 saturated heterocycles. The Hall–Kier alpha value is -2.59. The molecular weight excluding hydrogens is 479 g/mol. The molecule has 2 aliphatic rings. The van der Waals surface area contributed by atoms with Crippen molar-refractivity contribution in [1.29, 1.82) is 0 Å². The second kappa shape index (κ2) is 10.8. The molecule has 0 N–H and O–H groups in total. The van der Waals surface area contributed by atoms with Crippen LogP contribution in [0, 0.1) is 5.82 Å². The van der Waals surface area contributed by atoms with Crippen LogP contribution in [0.25, 0.3) is 0 Å². The van der Waals surface area contributed by atoms with Gasteiger partial charge in [-0.2, -0.15) is 0 Å². The van der Waals surface area contributed by atoms with E-state index in [9.17, 15) is 14.0 Å². The molecule has 1 aromatic heterocycles. The molecule has 1 unspecified atom stereocenters. The Balaban J connectivity index is 1.32. The first kappa shape index (κ1) is 24.5. The number of carbonyl (C=O) groups excluding carboxylic acids is 2. The van der Waals surface area contributed by atoms with Crippen molar-refractivity contribution in [3.05, 3.63) is 41.3 Å². The van der Waals surface area contributed by atoms with Gasteiger partial charge >= 0.3 is 0 Å². The lowest BCUT2D eigenvalue weighted by atomic mass is 10.2. The SMILES string of the molecule is CC(=O)N1CCN(c2cc(Cl)nc(SCC(=O)N3CCN(c4ccccc4F)CC3)n2)CC1C. The third kappa shape index (κ3) is 5.72. The number of carbonyl (C=O) groups is 2. The zero-order chi connectivity index (χ0) is 24.2. The molecule has 1 aromatic carbocycles. The van der Waals surface area contributed by atoms with Crippen molar-refractivity contribution in [2.24, 2.45) is 0 Å². The maximum absolute atomic E-state index is 14.0. The second-order valence-electron chi connectivity index (χ2n) is 8.45. The van der Waals surface area contributed by atoms with Crippen molar-refractivity contribution >= 4 is 46.7 Å². The molecule has 34 heavy (non-hydrogen) atoms. The van der Waals surface area contributed by atoms with E-state index >= 15 is 0 Å². The quantitative estimate of drug-likeness (QED) is 0.351. The zero-order valence-corrected chi connectivity index (χ0v) is 20.9. The maximum Gasteiger partial charge on any atom is 0.233 e. The fraction of sp³-hybridized carbons (Fsp3) is 0.478. The Labute approximate surface area is 208 Å². The number of thioether (sulfide) groups is 1. The van der Waals surface area contributed by atoms with Crippen LogP contribution in [-0.2, 0) is 9.59 Å². The van der Waals surface area contributed by atoms with E-state index in [1.54, 1.807) is 30.0 Å². The predicted molar refractivity (Wildman–Crippen MR) is 132 cm³/mol. The number of amides is 2. The number of hydrogen-bond acceptors (Lipinski definition) is 7. The highest BCUT2D eigenvalue weighted by molar-refractivity contribution is 7.99. The Kier molecular flexibility index (Phi) is 7.77. The molecular formula is C23H28ClFN6O2S. The van der Waals surface area contributed by atoms with Gasteiger partial charge in [-0.1, -0.05) is 35.5 Å². The molecule has 4 rings (SSSR count). The molecule has 0 saturated carbocycles. The average molecular weight is 507 g/mol. The number of nitrogens with zero attached hydrogens (tertiary/aromatic N) is 6. The number of aromatic nitrogens is 2. The summed E-state index contributed by atoms with van der Waals surface area (Å²) < 4.78 is 14.0. The normalized spacial score (nSPS) is 18.9. The maximum atomic E-state index is 14.0. The van der Waals surface area contributed by atoms with Crippen LogP contribution < -0.4 is 9.80 Å². The van der Waals surface area contributed by atoms with Gasteiger partial charge < -0.3 is 19.6 Å². The van der Waals surface area contributed by atoms with E-state index in [0.717, 1.165) is 0 Å². The van der Waals surface area contributed by atoms with E-state index in [1.807, 2.05) is 22.8 Å². The van der Waals surface area contributed by atoms with Gasteiger partial charge in [0.25, 0.3) is 0 Å². The van der Waals surface area contributed by atoms with Crippen LogP contribution in [0.4, 0.5) is 15.9 Å². The molecule has 2 amide bonds. The van der Waals surface area contributed by atoms with Gasteiger partial charge in [0.1, 0.15) is 16.8 Å². The minimum atomic E-state index is -0.246. The van der Waals surface area contributed by atoms with Crippen LogP contribution in [0.1, 0.15) is 13.8 Å². The highest BCUT2D eigenvalue weighted by atomic mass is 35.5. The van der Waals surface area contributed by atoms with Crippen LogP contribution in [0.3, 0.4) is 0 Å². The minimum Gasteiger partial charge on any atom is -0.366 e. The summed E-state index contributed by atoms with van der Waals surface area (Å²) in [6.07, 6.45) is 0. The predicted octanol–water partition coefficient (Wildman–Crippen LogP) is 2.77. The molecule has 0 bridgehead atoms. The Morgan fingerprint density at radius 2 is 1.79 bits per heavy atom. The van der Waals surface area contributed by atoms with Crippen LogP contribution >= 0.6 is 23.4 Å². The monoisotopic (exact) mass is 506 g/mol. The second-order valence-corrected chi connectivity index (χ2v) is 9.78. The molecule has 182 valence electrons. The molecule has 0 aliphatic carbocycles. The summed E-state index contributed by atoms with van der Waals surface area (Å²) in [4.78, 5) is 41.1. The topological polar surface area (TPSA) is 72.9 Å². The lowest BCUT2D eigenvalue weighted by Gasteiger charge is -2.40. The summed E-state index contributed by atoms with van der Waals surface area (Å²) in [6.45, 7) is 7.77. The third-order valence-corrected chi connectivity index (χ3v) is 7.19. The average Bonchev–Trinajstić information content (AvgIpc) is 2.82. The first-order valence-electron chi connectivity index (χ1n) is 11.3. The number of benzene rings is 1. The van der Waals surface area contributed by atoms with Crippen molar-refractivity contribution in [1.82, 2.24) is 19.8 Å². The Morgan fingerprint density at radius 1 is 1.09 bits per heavy atom. The summed E-state index contributed by atoms with van der Waals surface area (Å²) in [5, 5.41) is 0.766. The number of para-hydroxylation sites is 1. The molecule has 2 fully saturated rings. The summed E-state index contributed by atoms with van der Waals surface area (Å²) >= 11 is 7.51. The Morgan fingerprint density at radius 3 is 2.47 bits per heavy atom. The summed E-state index contributed by atoms with van der Waals surface area (Å²) in [7, 11) is 0. The van der Waals surface area contributed by atoms with E-state index < -0.39 is 0 Å². The molecule has 11 heteroatoms. The fourth-order valence-corrected chi connectivity index (χ4v) is 5.35. The van der Waals surface area contributed by atoms with E-state index in [4.69, 9.17) is 11.6 Å². The number of hydrogen-bond donors (Lipinski definition) is 0. The van der Waals surface area contributed by atoms with Gasteiger partial charge in [0.15, 0.2) is 5.16 Å². The van der Waals surface area contributed by atoms with Crippen molar-refractivity contribution in [3.8, 4) is 0 Å². The first-order chi connectivity index (χ1) is 16.3. The number of halogens is 2. The third-order valence-electron chi connectivity index (χ3n) is 6.17. The summed E-state index contributed by atoms with van der Waals surface area (Å²) in [5.41, 5.74) is 0.572. The van der Waals surface area contributed by atoms with Crippen molar-refractivity contribution in [2.75, 3.05) is 61.4 Å². The van der Waals surface area contributed by atoms with E-state index in [1.165, 1.54) is 17.8 Å². The molecule has 2 aliphatic heterocycles. The zero-order valence-electron chi connectivity index (χ0n) is 19.3. The van der Waals surface area contributed by atoms with Gasteiger partial charge in [-0.05, 0) is 19.1 Å². The van der Waals surface area contributed by atoms with Gasteiger partial charge in [0.2, 0.25) is 11.8 Å². The fourth-order valence-electron chi connectivity index (χ4n) is 4.37. The van der Waals surface area contributed by atoms with Gasteiger partial charge in [0.05, 0.1) is 11.4 Å². The van der Waals surface area contributed by atoms with Gasteiger partial charge in [-0.25, -0.2) is 14.4 Å². The lowest BCUT2D eigenvalue weighted by molar-refractivity contribution is -0.131. The van der Waals surface area contributed by atoms with Gasteiger partial charge in [-0.3, -0.25) is 9.59 Å². The number of piperazine rings is 2. The van der Waals surface area contributed by atoms with Crippen molar-refractivity contribution < 1.29 is 14.0 Å². The molecule has 3 heterocycles. The van der Waals surface area contributed by atoms with Crippen LogP contribution in [0.15, 0.2) is 35.5 Å². The lowest BCUT2D eigenvalue weighted by Crippen LogP contribution is -2.53. The van der Waals surface area contributed by atoms with Crippen molar-refractivity contribution in [2.45, 2.75) is 25.0 Å². The van der Waals surface area contributed by atoms with Crippen LogP contribution in [-0.4, -0.2) is 89.2 Å². The Bertz CT molecular complexity index is 1050. The smallest absolute Gasteiger partial charge is 0.233 e. The first-order valence-corrected chi connectivity index (χ1v) is 12.6. The van der Waals surface area contributed by atoms with E-state index in [2.05, 4.69) is 14.9 Å². The summed E-state index contributed by atoms with van der Waals surface area (Å²) in [5.74, 6) is 0.713. The van der Waals surface area contributed by atoms with E-state index in [-0.39, 0.29) is 29.4 Å². The number of rotatable bonds is 5. The van der Waals surface area contributed by atoms with Crippen LogP contribution in [0.2, 0.25) is 5.15 Å². The molecule has 0 spiro atoms.